The largest absolute Gasteiger partial charge is 0.483 e. The molecule has 1 aromatic carbocycles. The first kappa shape index (κ1) is 16.8. The van der Waals surface area contributed by atoms with Crippen molar-refractivity contribution in [1.29, 1.82) is 0 Å². The minimum Gasteiger partial charge on any atom is -0.483 e. The molecule has 5 nitrogen and oxygen atoms in total. The van der Waals surface area contributed by atoms with E-state index in [4.69, 9.17) is 9.94 Å². The summed E-state index contributed by atoms with van der Waals surface area (Å²) in [6.07, 6.45) is -4.04. The first-order valence-corrected chi connectivity index (χ1v) is 6.14. The number of amides is 1. The Labute approximate surface area is 119 Å². The van der Waals surface area contributed by atoms with Gasteiger partial charge in [0.15, 0.2) is 6.61 Å². The highest BCUT2D eigenvalue weighted by molar-refractivity contribution is 6.02. The van der Waals surface area contributed by atoms with E-state index in [1.54, 1.807) is 30.4 Å². The number of hydrogen-bond donors (Lipinski definition) is 2. The molecule has 0 aliphatic rings. The quantitative estimate of drug-likeness (QED) is 0.481. The van der Waals surface area contributed by atoms with Crippen molar-refractivity contribution in [2.75, 3.05) is 13.2 Å². The maximum Gasteiger partial charge on any atom is 0.405 e. The highest BCUT2D eigenvalue weighted by Gasteiger charge is 2.27. The lowest BCUT2D eigenvalue weighted by molar-refractivity contribution is -0.139. The van der Waals surface area contributed by atoms with E-state index in [2.05, 4.69) is 5.16 Å². The summed E-state index contributed by atoms with van der Waals surface area (Å²) in [6, 6.07) is 6.48. The molecule has 0 bridgehead atoms. The summed E-state index contributed by atoms with van der Waals surface area (Å²) in [5.74, 6) is -0.629. The number of para-hydroxylation sites is 1. The van der Waals surface area contributed by atoms with Crippen LogP contribution in [-0.4, -0.2) is 36.2 Å². The molecule has 1 amide bonds. The lowest BCUT2D eigenvalue weighted by atomic mass is 10.1. The number of rotatable bonds is 6. The predicted octanol–water partition coefficient (Wildman–Crippen LogP) is 2.33. The number of nitrogens with one attached hydrogen (secondary N) is 1. The molecule has 0 heterocycles. The van der Waals surface area contributed by atoms with Crippen LogP contribution < -0.4 is 10.1 Å². The van der Waals surface area contributed by atoms with Crippen molar-refractivity contribution in [3.8, 4) is 5.75 Å². The Morgan fingerprint density at radius 2 is 2.05 bits per heavy atom. The van der Waals surface area contributed by atoms with Crippen molar-refractivity contribution in [1.82, 2.24) is 5.32 Å². The van der Waals surface area contributed by atoms with E-state index in [9.17, 15) is 18.0 Å². The molecule has 2 N–H and O–H groups in total. The molecule has 0 unspecified atom stereocenters. The van der Waals surface area contributed by atoms with Crippen LogP contribution >= 0.6 is 0 Å². The van der Waals surface area contributed by atoms with Crippen LogP contribution in [0.2, 0.25) is 0 Å². The zero-order valence-corrected chi connectivity index (χ0v) is 11.3. The lowest BCUT2D eigenvalue weighted by Gasteiger charge is -2.12. The van der Waals surface area contributed by atoms with Gasteiger partial charge in [-0.3, -0.25) is 4.79 Å². The Morgan fingerprint density at radius 1 is 1.38 bits per heavy atom. The van der Waals surface area contributed by atoms with E-state index >= 15 is 0 Å². The second-order valence-electron chi connectivity index (χ2n) is 4.08. The fourth-order valence-electron chi connectivity index (χ4n) is 1.54. The van der Waals surface area contributed by atoms with Crippen molar-refractivity contribution in [2.24, 2.45) is 5.16 Å². The SMILES string of the molecule is CCC(=NO)c1ccccc1OCC(=O)NCC(F)(F)F. The number of benzene rings is 1. The summed E-state index contributed by atoms with van der Waals surface area (Å²) < 4.78 is 41.0. The Morgan fingerprint density at radius 3 is 2.62 bits per heavy atom. The van der Waals surface area contributed by atoms with Crippen LogP contribution in [-0.2, 0) is 4.79 Å². The molecular formula is C13H15F3N2O3. The van der Waals surface area contributed by atoms with Crippen molar-refractivity contribution >= 4 is 11.6 Å². The monoisotopic (exact) mass is 304 g/mol. The molecule has 1 rings (SSSR count). The number of oxime groups is 1. The van der Waals surface area contributed by atoms with E-state index in [0.29, 0.717) is 17.7 Å². The first-order chi connectivity index (χ1) is 9.87. The molecule has 0 radical (unpaired) electrons. The zero-order valence-electron chi connectivity index (χ0n) is 11.3. The molecule has 0 saturated heterocycles. The molecule has 21 heavy (non-hydrogen) atoms. The summed E-state index contributed by atoms with van der Waals surface area (Å²) in [6.45, 7) is -0.202. The van der Waals surface area contributed by atoms with Gasteiger partial charge in [-0.1, -0.05) is 24.2 Å². The number of ether oxygens (including phenoxy) is 1. The Hall–Kier alpha value is -2.25. The van der Waals surface area contributed by atoms with Crippen LogP contribution in [0.5, 0.6) is 5.75 Å². The van der Waals surface area contributed by atoms with Crippen LogP contribution in [0.3, 0.4) is 0 Å². The van der Waals surface area contributed by atoms with E-state index in [1.165, 1.54) is 6.07 Å². The van der Waals surface area contributed by atoms with Crippen LogP contribution in [0, 0.1) is 0 Å². The van der Waals surface area contributed by atoms with E-state index in [0.717, 1.165) is 0 Å². The minimum atomic E-state index is -4.47. The highest BCUT2D eigenvalue weighted by atomic mass is 19.4. The van der Waals surface area contributed by atoms with E-state index in [-0.39, 0.29) is 5.75 Å². The van der Waals surface area contributed by atoms with Crippen molar-refractivity contribution in [3.63, 3.8) is 0 Å². The molecular weight excluding hydrogens is 289 g/mol. The Bertz CT molecular complexity index is 516. The molecule has 116 valence electrons. The molecule has 0 spiro atoms. The fraction of sp³-hybridized carbons (Fsp3) is 0.385. The Balaban J connectivity index is 2.66. The van der Waals surface area contributed by atoms with Gasteiger partial charge in [0.2, 0.25) is 0 Å². The number of alkyl halides is 3. The van der Waals surface area contributed by atoms with Crippen molar-refractivity contribution in [3.05, 3.63) is 29.8 Å². The minimum absolute atomic E-state index is 0.259. The molecule has 0 fully saturated rings. The smallest absolute Gasteiger partial charge is 0.405 e. The summed E-state index contributed by atoms with van der Waals surface area (Å²) in [7, 11) is 0. The van der Waals surface area contributed by atoms with Crippen molar-refractivity contribution < 1.29 is 27.9 Å². The maximum absolute atomic E-state index is 11.9. The highest BCUT2D eigenvalue weighted by Crippen LogP contribution is 2.20. The predicted molar refractivity (Wildman–Crippen MR) is 69.6 cm³/mol. The second-order valence-corrected chi connectivity index (χ2v) is 4.08. The fourth-order valence-corrected chi connectivity index (χ4v) is 1.54. The molecule has 8 heteroatoms. The van der Waals surface area contributed by atoms with Gasteiger partial charge < -0.3 is 15.3 Å². The molecule has 0 aromatic heterocycles. The van der Waals surface area contributed by atoms with Crippen molar-refractivity contribution in [2.45, 2.75) is 19.5 Å². The molecule has 0 saturated carbocycles. The second kappa shape index (κ2) is 7.51. The molecule has 0 aliphatic heterocycles. The van der Waals surface area contributed by atoms with E-state index in [1.807, 2.05) is 0 Å². The number of halogens is 3. The van der Waals surface area contributed by atoms with E-state index < -0.39 is 25.2 Å². The molecule has 0 aliphatic carbocycles. The maximum atomic E-state index is 11.9. The average Bonchev–Trinajstić information content (AvgIpc) is 2.44. The van der Waals surface area contributed by atoms with Crippen LogP contribution in [0.25, 0.3) is 0 Å². The standard InChI is InChI=1S/C13H15F3N2O3/c1-2-10(18-20)9-5-3-4-6-11(9)21-7-12(19)17-8-13(14,15)16/h3-6,20H,2,7-8H2,1H3,(H,17,19). The zero-order chi connectivity index (χ0) is 15.9. The summed E-state index contributed by atoms with van der Waals surface area (Å²) in [4.78, 5) is 11.3. The van der Waals surface area contributed by atoms with Gasteiger partial charge in [0, 0.05) is 5.56 Å². The third-order valence-electron chi connectivity index (χ3n) is 2.50. The van der Waals surface area contributed by atoms with Gasteiger partial charge in [0.05, 0.1) is 5.71 Å². The van der Waals surface area contributed by atoms with Gasteiger partial charge in [-0.15, -0.1) is 0 Å². The average molecular weight is 304 g/mol. The number of hydrogen-bond acceptors (Lipinski definition) is 4. The first-order valence-electron chi connectivity index (χ1n) is 6.14. The summed E-state index contributed by atoms with van der Waals surface area (Å²) >= 11 is 0. The third-order valence-corrected chi connectivity index (χ3v) is 2.50. The van der Waals surface area contributed by atoms with Gasteiger partial charge >= 0.3 is 6.18 Å². The van der Waals surface area contributed by atoms with Gasteiger partial charge in [0.1, 0.15) is 12.3 Å². The summed E-state index contributed by atoms with van der Waals surface area (Å²) in [5.41, 5.74) is 0.826. The topological polar surface area (TPSA) is 70.9 Å². The van der Waals surface area contributed by atoms with Crippen LogP contribution in [0.4, 0.5) is 13.2 Å². The van der Waals surface area contributed by atoms with Gasteiger partial charge in [-0.25, -0.2) is 0 Å². The lowest BCUT2D eigenvalue weighted by Crippen LogP contribution is -2.36. The number of nitrogens with zero attached hydrogens (tertiary/aromatic N) is 1. The van der Waals surface area contributed by atoms with Crippen LogP contribution in [0.1, 0.15) is 18.9 Å². The number of carbonyl (C=O) groups is 1. The van der Waals surface area contributed by atoms with Crippen LogP contribution in [0.15, 0.2) is 29.4 Å². The molecule has 0 atom stereocenters. The third kappa shape index (κ3) is 5.72. The number of carbonyl (C=O) groups excluding carboxylic acids is 1. The normalized spacial score (nSPS) is 12.1. The van der Waals surface area contributed by atoms with Gasteiger partial charge in [-0.05, 0) is 18.6 Å². The van der Waals surface area contributed by atoms with Gasteiger partial charge in [0.25, 0.3) is 5.91 Å². The Kier molecular flexibility index (Phi) is 6.01. The summed E-state index contributed by atoms with van der Waals surface area (Å²) in [5, 5.41) is 13.7. The van der Waals surface area contributed by atoms with Gasteiger partial charge in [-0.2, -0.15) is 13.2 Å². The molecule has 1 aromatic rings.